The van der Waals surface area contributed by atoms with E-state index in [9.17, 15) is 19.6 Å². The number of nitrogens with zero attached hydrogens (tertiary/aromatic N) is 1. The molecule has 0 aromatic heterocycles. The summed E-state index contributed by atoms with van der Waals surface area (Å²) >= 11 is 3.04. The molecule has 0 atom stereocenters. The third kappa shape index (κ3) is 3.42. The van der Waals surface area contributed by atoms with E-state index in [0.717, 1.165) is 0 Å². The van der Waals surface area contributed by atoms with Crippen LogP contribution in [0.3, 0.4) is 0 Å². The standard InChI is InChI=1S/C12H14BrFN2O3/c13-7-5-10(14)12(11(6-7)16(18)19)15-8-1-3-9(17)4-2-8/h5-6,8-9,15,17H,1-4H2/t8-,9-. The smallest absolute Gasteiger partial charge is 0.296 e. The minimum atomic E-state index is -0.646. The van der Waals surface area contributed by atoms with Crippen molar-refractivity contribution in [1.29, 1.82) is 0 Å². The van der Waals surface area contributed by atoms with E-state index in [2.05, 4.69) is 21.2 Å². The number of aliphatic hydroxyl groups excluding tert-OH is 1. The number of nitro benzene ring substituents is 1. The fraction of sp³-hybridized carbons (Fsp3) is 0.500. The summed E-state index contributed by atoms with van der Waals surface area (Å²) in [5, 5.41) is 23.3. The van der Waals surface area contributed by atoms with E-state index < -0.39 is 10.7 Å². The molecule has 5 nitrogen and oxygen atoms in total. The molecule has 1 aromatic rings. The first-order chi connectivity index (χ1) is 8.97. The number of benzene rings is 1. The second kappa shape index (κ2) is 5.83. The van der Waals surface area contributed by atoms with Crippen molar-refractivity contribution in [3.63, 3.8) is 0 Å². The highest BCUT2D eigenvalue weighted by molar-refractivity contribution is 9.10. The third-order valence-corrected chi connectivity index (χ3v) is 3.73. The van der Waals surface area contributed by atoms with Crippen molar-refractivity contribution < 1.29 is 14.4 Å². The lowest BCUT2D eigenvalue weighted by molar-refractivity contribution is -0.384. The SMILES string of the molecule is O=[N+]([O-])c1cc(Br)cc(F)c1N[C@H]1CC[C@H](O)CC1. The van der Waals surface area contributed by atoms with Gasteiger partial charge in [-0.25, -0.2) is 4.39 Å². The Balaban J connectivity index is 2.21. The Morgan fingerprint density at radius 1 is 1.37 bits per heavy atom. The molecule has 1 aliphatic carbocycles. The van der Waals surface area contributed by atoms with Gasteiger partial charge in [-0.1, -0.05) is 15.9 Å². The summed E-state index contributed by atoms with van der Waals surface area (Å²) < 4.78 is 14.2. The Hall–Kier alpha value is -1.21. The maximum Gasteiger partial charge on any atom is 0.296 e. The highest BCUT2D eigenvalue weighted by Crippen LogP contribution is 2.33. The lowest BCUT2D eigenvalue weighted by Crippen LogP contribution is -2.28. The Morgan fingerprint density at radius 2 is 2.00 bits per heavy atom. The number of hydrogen-bond acceptors (Lipinski definition) is 4. The summed E-state index contributed by atoms with van der Waals surface area (Å²) in [5.74, 6) is -0.646. The minimum absolute atomic E-state index is 0.0437. The van der Waals surface area contributed by atoms with E-state index in [-0.39, 0.29) is 23.5 Å². The molecule has 0 heterocycles. The first kappa shape index (κ1) is 14.2. The molecule has 1 saturated carbocycles. The lowest BCUT2D eigenvalue weighted by Gasteiger charge is -2.27. The van der Waals surface area contributed by atoms with Gasteiger partial charge in [0.2, 0.25) is 0 Å². The van der Waals surface area contributed by atoms with E-state index in [1.807, 2.05) is 0 Å². The molecule has 0 unspecified atom stereocenters. The molecule has 0 bridgehead atoms. The van der Waals surface area contributed by atoms with Gasteiger partial charge in [0, 0.05) is 16.6 Å². The topological polar surface area (TPSA) is 75.4 Å². The van der Waals surface area contributed by atoms with Crippen LogP contribution in [0, 0.1) is 15.9 Å². The summed E-state index contributed by atoms with van der Waals surface area (Å²) in [5.41, 5.74) is -0.354. The van der Waals surface area contributed by atoms with Gasteiger partial charge in [0.1, 0.15) is 5.69 Å². The summed E-state index contributed by atoms with van der Waals surface area (Å²) in [6, 6.07) is 2.44. The quantitative estimate of drug-likeness (QED) is 0.658. The van der Waals surface area contributed by atoms with Gasteiger partial charge in [-0.15, -0.1) is 0 Å². The third-order valence-electron chi connectivity index (χ3n) is 3.28. The molecular weight excluding hydrogens is 319 g/mol. The number of hydrogen-bond donors (Lipinski definition) is 2. The largest absolute Gasteiger partial charge is 0.393 e. The maximum atomic E-state index is 13.9. The number of rotatable bonds is 3. The zero-order valence-corrected chi connectivity index (χ0v) is 11.7. The molecular formula is C12H14BrFN2O3. The second-order valence-electron chi connectivity index (χ2n) is 4.69. The van der Waals surface area contributed by atoms with Crippen LogP contribution in [0.1, 0.15) is 25.7 Å². The van der Waals surface area contributed by atoms with Crippen LogP contribution in [0.5, 0.6) is 0 Å². The van der Waals surface area contributed by atoms with Crippen molar-refractivity contribution in [3.8, 4) is 0 Å². The molecule has 7 heteroatoms. The summed E-state index contributed by atoms with van der Waals surface area (Å²) in [4.78, 5) is 10.4. The van der Waals surface area contributed by atoms with Crippen LogP contribution in [0.2, 0.25) is 0 Å². The number of nitrogens with one attached hydrogen (secondary N) is 1. The molecule has 0 saturated heterocycles. The molecule has 0 aliphatic heterocycles. The van der Waals surface area contributed by atoms with Crippen molar-refractivity contribution in [2.24, 2.45) is 0 Å². The van der Waals surface area contributed by atoms with Crippen LogP contribution in [0.15, 0.2) is 16.6 Å². The van der Waals surface area contributed by atoms with E-state index >= 15 is 0 Å². The fourth-order valence-electron chi connectivity index (χ4n) is 2.27. The van der Waals surface area contributed by atoms with E-state index in [4.69, 9.17) is 0 Å². The number of aliphatic hydroxyl groups is 1. The molecule has 2 N–H and O–H groups in total. The van der Waals surface area contributed by atoms with Gasteiger partial charge in [0.05, 0.1) is 11.0 Å². The zero-order valence-electron chi connectivity index (χ0n) is 10.1. The van der Waals surface area contributed by atoms with Gasteiger partial charge in [-0.3, -0.25) is 10.1 Å². The highest BCUT2D eigenvalue weighted by Gasteiger charge is 2.25. The van der Waals surface area contributed by atoms with Gasteiger partial charge in [0.15, 0.2) is 5.82 Å². The Kier molecular flexibility index (Phi) is 4.36. The van der Waals surface area contributed by atoms with Crippen molar-refractivity contribution in [2.75, 3.05) is 5.32 Å². The number of anilines is 1. The first-order valence-corrected chi connectivity index (χ1v) is 6.84. The normalized spacial score (nSPS) is 23.1. The predicted molar refractivity (Wildman–Crippen MR) is 72.6 cm³/mol. The molecule has 1 fully saturated rings. The van der Waals surface area contributed by atoms with Gasteiger partial charge in [-0.05, 0) is 31.7 Å². The Labute approximate surface area is 118 Å². The van der Waals surface area contributed by atoms with Gasteiger partial charge in [0.25, 0.3) is 5.69 Å². The van der Waals surface area contributed by atoms with Crippen LogP contribution >= 0.6 is 15.9 Å². The second-order valence-corrected chi connectivity index (χ2v) is 5.60. The van der Waals surface area contributed by atoms with Crippen LogP contribution in [0.25, 0.3) is 0 Å². The summed E-state index contributed by atoms with van der Waals surface area (Å²) in [6.45, 7) is 0. The molecule has 0 amide bonds. The van der Waals surface area contributed by atoms with Gasteiger partial charge < -0.3 is 10.4 Å². The van der Waals surface area contributed by atoms with Crippen LogP contribution in [-0.4, -0.2) is 22.2 Å². The predicted octanol–water partition coefficient (Wildman–Crippen LogP) is 3.21. The van der Waals surface area contributed by atoms with Crippen molar-refractivity contribution in [1.82, 2.24) is 0 Å². The Bertz CT molecular complexity index is 490. The van der Waals surface area contributed by atoms with E-state index in [1.54, 1.807) is 0 Å². The Morgan fingerprint density at radius 3 is 2.58 bits per heavy atom. The average Bonchev–Trinajstić information content (AvgIpc) is 2.34. The molecule has 0 radical (unpaired) electrons. The minimum Gasteiger partial charge on any atom is -0.393 e. The fourth-order valence-corrected chi connectivity index (χ4v) is 2.69. The maximum absolute atomic E-state index is 13.9. The molecule has 1 aliphatic rings. The summed E-state index contributed by atoms with van der Waals surface area (Å²) in [6.07, 6.45) is 2.29. The number of halogens is 2. The van der Waals surface area contributed by atoms with Crippen molar-refractivity contribution >= 4 is 27.3 Å². The van der Waals surface area contributed by atoms with E-state index in [0.29, 0.717) is 30.2 Å². The molecule has 0 spiro atoms. The first-order valence-electron chi connectivity index (χ1n) is 6.05. The zero-order chi connectivity index (χ0) is 14.0. The van der Waals surface area contributed by atoms with Gasteiger partial charge >= 0.3 is 0 Å². The van der Waals surface area contributed by atoms with Crippen LogP contribution in [0.4, 0.5) is 15.8 Å². The number of nitro groups is 1. The molecule has 1 aromatic carbocycles. The monoisotopic (exact) mass is 332 g/mol. The van der Waals surface area contributed by atoms with Crippen LogP contribution < -0.4 is 5.32 Å². The highest BCUT2D eigenvalue weighted by atomic mass is 79.9. The van der Waals surface area contributed by atoms with Crippen LogP contribution in [-0.2, 0) is 0 Å². The average molecular weight is 333 g/mol. The molecule has 104 valence electrons. The lowest BCUT2D eigenvalue weighted by atomic mass is 9.93. The van der Waals surface area contributed by atoms with Gasteiger partial charge in [-0.2, -0.15) is 0 Å². The molecule has 2 rings (SSSR count). The van der Waals surface area contributed by atoms with E-state index in [1.165, 1.54) is 12.1 Å². The van der Waals surface area contributed by atoms with Crippen molar-refractivity contribution in [2.45, 2.75) is 37.8 Å². The van der Waals surface area contributed by atoms with Crippen molar-refractivity contribution in [3.05, 3.63) is 32.5 Å². The molecule has 19 heavy (non-hydrogen) atoms. The summed E-state index contributed by atoms with van der Waals surface area (Å²) in [7, 11) is 0.